The van der Waals surface area contributed by atoms with Crippen molar-refractivity contribution in [3.63, 3.8) is 0 Å². The second kappa shape index (κ2) is 6.44. The van der Waals surface area contributed by atoms with Crippen molar-refractivity contribution in [1.82, 2.24) is 15.5 Å². The highest BCUT2D eigenvalue weighted by Gasteiger charge is 2.04. The number of rotatable bonds is 6. The van der Waals surface area contributed by atoms with Crippen LogP contribution in [0, 0.1) is 0 Å². The molecule has 0 spiro atoms. The van der Waals surface area contributed by atoms with Gasteiger partial charge in [0.15, 0.2) is 0 Å². The summed E-state index contributed by atoms with van der Waals surface area (Å²) in [6, 6.07) is 1.61. The molecule has 1 amide bonds. The van der Waals surface area contributed by atoms with Crippen molar-refractivity contribution in [2.24, 2.45) is 5.11 Å². The maximum Gasteiger partial charge on any atom is 0.269 e. The van der Waals surface area contributed by atoms with Crippen LogP contribution >= 0.6 is 0 Å². The zero-order chi connectivity index (χ0) is 10.9. The summed E-state index contributed by atoms with van der Waals surface area (Å²) in [5.41, 5.74) is 8.46. The van der Waals surface area contributed by atoms with Crippen LogP contribution in [0.3, 0.4) is 0 Å². The first-order valence-corrected chi connectivity index (χ1v) is 4.63. The van der Waals surface area contributed by atoms with Gasteiger partial charge in [0, 0.05) is 24.2 Å². The minimum Gasteiger partial charge on any atom is -0.351 e. The van der Waals surface area contributed by atoms with E-state index < -0.39 is 0 Å². The number of hydrogen-bond donors (Lipinski definition) is 2. The third kappa shape index (κ3) is 4.15. The van der Waals surface area contributed by atoms with E-state index in [1.54, 1.807) is 6.07 Å². The number of amides is 1. The van der Waals surface area contributed by atoms with Crippen molar-refractivity contribution in [3.05, 3.63) is 28.4 Å². The minimum atomic E-state index is -0.170. The largest absolute Gasteiger partial charge is 0.351 e. The zero-order valence-electron chi connectivity index (χ0n) is 8.18. The SMILES string of the molecule is [N-]=[N+]=NCCCCNC(=O)c1ccn[nH]1. The maximum absolute atomic E-state index is 11.3. The number of unbranched alkanes of at least 4 members (excludes halogenated alkanes) is 1. The van der Waals surface area contributed by atoms with Crippen molar-refractivity contribution in [1.29, 1.82) is 0 Å². The second-order valence-electron chi connectivity index (χ2n) is 2.89. The summed E-state index contributed by atoms with van der Waals surface area (Å²) in [5, 5.41) is 12.3. The lowest BCUT2D eigenvalue weighted by Crippen LogP contribution is -2.24. The molecule has 0 fully saturated rings. The van der Waals surface area contributed by atoms with E-state index in [2.05, 4.69) is 25.5 Å². The van der Waals surface area contributed by atoms with Crippen LogP contribution in [0.5, 0.6) is 0 Å². The molecule has 0 unspecified atom stereocenters. The van der Waals surface area contributed by atoms with Gasteiger partial charge in [-0.2, -0.15) is 5.10 Å². The molecule has 0 atom stereocenters. The third-order valence-corrected chi connectivity index (χ3v) is 1.78. The van der Waals surface area contributed by atoms with Gasteiger partial charge in [-0.25, -0.2) is 0 Å². The number of azide groups is 1. The fourth-order valence-electron chi connectivity index (χ4n) is 1.03. The molecular weight excluding hydrogens is 196 g/mol. The molecule has 0 saturated carbocycles. The first-order valence-electron chi connectivity index (χ1n) is 4.63. The summed E-state index contributed by atoms with van der Waals surface area (Å²) < 4.78 is 0. The van der Waals surface area contributed by atoms with E-state index >= 15 is 0 Å². The smallest absolute Gasteiger partial charge is 0.269 e. The molecule has 1 aromatic heterocycles. The summed E-state index contributed by atoms with van der Waals surface area (Å²) in [6.07, 6.45) is 3.09. The molecule has 0 saturated heterocycles. The third-order valence-electron chi connectivity index (χ3n) is 1.78. The lowest BCUT2D eigenvalue weighted by Gasteiger charge is -2.01. The van der Waals surface area contributed by atoms with Crippen LogP contribution < -0.4 is 5.32 Å². The predicted molar refractivity (Wildman–Crippen MR) is 54.2 cm³/mol. The molecule has 80 valence electrons. The number of carbonyl (C=O) groups excluding carboxylic acids is 1. The number of nitrogens with one attached hydrogen (secondary N) is 2. The Morgan fingerprint density at radius 2 is 2.53 bits per heavy atom. The number of nitrogens with zero attached hydrogens (tertiary/aromatic N) is 4. The van der Waals surface area contributed by atoms with E-state index in [1.807, 2.05) is 0 Å². The fraction of sp³-hybridized carbons (Fsp3) is 0.500. The highest BCUT2D eigenvalue weighted by molar-refractivity contribution is 5.91. The number of H-pyrrole nitrogens is 1. The Hall–Kier alpha value is -2.01. The topological polar surface area (TPSA) is 107 Å². The van der Waals surface area contributed by atoms with Gasteiger partial charge in [-0.1, -0.05) is 5.11 Å². The molecule has 7 heteroatoms. The van der Waals surface area contributed by atoms with Gasteiger partial charge in [0.05, 0.1) is 0 Å². The monoisotopic (exact) mass is 208 g/mol. The standard InChI is InChI=1S/C8H12N6O/c9-14-12-5-2-1-4-10-8(15)7-3-6-11-13-7/h3,6H,1-2,4-5H2,(H,10,15)(H,11,13). The Morgan fingerprint density at radius 1 is 1.67 bits per heavy atom. The van der Waals surface area contributed by atoms with Gasteiger partial charge in [-0.3, -0.25) is 9.89 Å². The van der Waals surface area contributed by atoms with Crippen LogP contribution in [-0.4, -0.2) is 29.2 Å². The highest BCUT2D eigenvalue weighted by atomic mass is 16.1. The Balaban J connectivity index is 2.10. The maximum atomic E-state index is 11.3. The quantitative estimate of drug-likeness (QED) is 0.317. The van der Waals surface area contributed by atoms with Crippen molar-refractivity contribution in [3.8, 4) is 0 Å². The van der Waals surface area contributed by atoms with Gasteiger partial charge in [0.1, 0.15) is 5.69 Å². The van der Waals surface area contributed by atoms with Gasteiger partial charge in [-0.15, -0.1) is 0 Å². The zero-order valence-corrected chi connectivity index (χ0v) is 8.18. The predicted octanol–water partition coefficient (Wildman–Crippen LogP) is 1.23. The Morgan fingerprint density at radius 3 is 3.20 bits per heavy atom. The first-order chi connectivity index (χ1) is 7.34. The molecule has 0 aliphatic rings. The average molecular weight is 208 g/mol. The molecule has 1 rings (SSSR count). The molecule has 1 heterocycles. The van der Waals surface area contributed by atoms with Crippen LogP contribution in [0.4, 0.5) is 0 Å². The van der Waals surface area contributed by atoms with Crippen LogP contribution in [0.1, 0.15) is 23.3 Å². The van der Waals surface area contributed by atoms with Gasteiger partial charge < -0.3 is 5.32 Å². The van der Waals surface area contributed by atoms with Crippen molar-refractivity contribution in [2.75, 3.05) is 13.1 Å². The summed E-state index contributed by atoms with van der Waals surface area (Å²) in [4.78, 5) is 14.0. The minimum absolute atomic E-state index is 0.170. The van der Waals surface area contributed by atoms with Crippen molar-refractivity contribution >= 4 is 5.91 Å². The lowest BCUT2D eigenvalue weighted by molar-refractivity contribution is 0.0948. The normalized spacial score (nSPS) is 9.33. The second-order valence-corrected chi connectivity index (χ2v) is 2.89. The van der Waals surface area contributed by atoms with Crippen LogP contribution in [-0.2, 0) is 0 Å². The van der Waals surface area contributed by atoms with Gasteiger partial charge in [0.2, 0.25) is 0 Å². The molecule has 7 nitrogen and oxygen atoms in total. The highest BCUT2D eigenvalue weighted by Crippen LogP contribution is 1.92. The molecule has 0 aliphatic heterocycles. The molecule has 15 heavy (non-hydrogen) atoms. The van der Waals surface area contributed by atoms with Gasteiger partial charge >= 0.3 is 0 Å². The molecule has 0 aromatic carbocycles. The van der Waals surface area contributed by atoms with Crippen molar-refractivity contribution < 1.29 is 4.79 Å². The Bertz CT molecular complexity index is 340. The number of hydrogen-bond acceptors (Lipinski definition) is 3. The molecule has 0 radical (unpaired) electrons. The summed E-state index contributed by atoms with van der Waals surface area (Å²) in [5.74, 6) is -0.170. The van der Waals surface area contributed by atoms with E-state index in [9.17, 15) is 4.79 Å². The van der Waals surface area contributed by atoms with Crippen LogP contribution in [0.15, 0.2) is 17.4 Å². The fourth-order valence-corrected chi connectivity index (χ4v) is 1.03. The van der Waals surface area contributed by atoms with E-state index in [4.69, 9.17) is 5.53 Å². The number of aromatic nitrogens is 2. The summed E-state index contributed by atoms with van der Waals surface area (Å²) in [6.45, 7) is 1.04. The first kappa shape index (κ1) is 11.1. The molecular formula is C8H12N6O. The summed E-state index contributed by atoms with van der Waals surface area (Å²) in [7, 11) is 0. The van der Waals surface area contributed by atoms with E-state index in [-0.39, 0.29) is 5.91 Å². The van der Waals surface area contributed by atoms with Crippen LogP contribution in [0.25, 0.3) is 10.4 Å². The van der Waals surface area contributed by atoms with Gasteiger partial charge in [-0.05, 0) is 24.4 Å². The van der Waals surface area contributed by atoms with Gasteiger partial charge in [0.25, 0.3) is 5.91 Å². The van der Waals surface area contributed by atoms with E-state index in [0.29, 0.717) is 18.8 Å². The van der Waals surface area contributed by atoms with Crippen molar-refractivity contribution in [2.45, 2.75) is 12.8 Å². The Kier molecular flexibility index (Phi) is 4.75. The average Bonchev–Trinajstić information content (AvgIpc) is 2.76. The summed E-state index contributed by atoms with van der Waals surface area (Å²) >= 11 is 0. The molecule has 0 bridgehead atoms. The van der Waals surface area contributed by atoms with E-state index in [1.165, 1.54) is 6.20 Å². The Labute approximate surface area is 86.5 Å². The lowest BCUT2D eigenvalue weighted by atomic mass is 10.3. The van der Waals surface area contributed by atoms with Crippen LogP contribution in [0.2, 0.25) is 0 Å². The molecule has 1 aromatic rings. The molecule has 0 aliphatic carbocycles. The number of carbonyl (C=O) groups is 1. The number of aromatic amines is 1. The van der Waals surface area contributed by atoms with E-state index in [0.717, 1.165) is 12.8 Å². The molecule has 2 N–H and O–H groups in total.